The number of hydrogen-bond acceptors (Lipinski definition) is 5. The maximum Gasteiger partial charge on any atom is 0.224 e. The molecule has 2 aromatic heterocycles. The molecule has 2 heterocycles. The number of nitrogens with one attached hydrogen (secondary N) is 1. The number of hydrogen-bond donors (Lipinski definition) is 1. The highest BCUT2D eigenvalue weighted by molar-refractivity contribution is 5.94. The van der Waals surface area contributed by atoms with E-state index in [1.165, 1.54) is 14.0 Å². The van der Waals surface area contributed by atoms with Gasteiger partial charge in [-0.05, 0) is 62.2 Å². The quantitative estimate of drug-likeness (QED) is 0.272. The van der Waals surface area contributed by atoms with Gasteiger partial charge in [0.05, 0.1) is 19.4 Å². The Morgan fingerprint density at radius 2 is 1.85 bits per heavy atom. The highest BCUT2D eigenvalue weighted by atomic mass is 16.5. The number of benzene rings is 2. The van der Waals surface area contributed by atoms with Crippen LogP contribution in [0.1, 0.15) is 35.7 Å². The molecule has 7 heteroatoms. The molecular weight excluding hydrogens is 430 g/mol. The van der Waals surface area contributed by atoms with Crippen LogP contribution in [-0.4, -0.2) is 34.8 Å². The van der Waals surface area contributed by atoms with E-state index in [0.29, 0.717) is 36.5 Å². The van der Waals surface area contributed by atoms with Gasteiger partial charge in [-0.3, -0.25) is 9.59 Å². The minimum atomic E-state index is -0.0846. The van der Waals surface area contributed by atoms with Crippen LogP contribution >= 0.6 is 0 Å². The zero-order valence-corrected chi connectivity index (χ0v) is 19.5. The van der Waals surface area contributed by atoms with Crippen LogP contribution in [0.5, 0.6) is 11.5 Å². The lowest BCUT2D eigenvalue weighted by molar-refractivity contribution is -0.116. The molecule has 0 bridgehead atoms. The minimum absolute atomic E-state index is 0.0389. The summed E-state index contributed by atoms with van der Waals surface area (Å²) in [6, 6.07) is 16.8. The number of methoxy groups -OCH3 is 1. The molecule has 0 atom stereocenters. The summed E-state index contributed by atoms with van der Waals surface area (Å²) in [5, 5.41) is 2.92. The van der Waals surface area contributed by atoms with Gasteiger partial charge in [0.15, 0.2) is 17.3 Å². The number of anilines is 1. The Morgan fingerprint density at radius 1 is 1.06 bits per heavy atom. The predicted molar refractivity (Wildman–Crippen MR) is 132 cm³/mol. The Balaban J connectivity index is 1.28. The molecule has 0 aliphatic rings. The summed E-state index contributed by atoms with van der Waals surface area (Å²) in [6.07, 6.45) is 4.84. The van der Waals surface area contributed by atoms with Crippen molar-refractivity contribution in [3.8, 4) is 22.8 Å². The zero-order valence-electron chi connectivity index (χ0n) is 19.5. The average Bonchev–Trinajstić information content (AvgIpc) is 3.28. The third-order valence-electron chi connectivity index (χ3n) is 5.52. The first kappa shape index (κ1) is 23.0. The first-order chi connectivity index (χ1) is 16.4. The number of fused-ring (bicyclic) bond motifs is 1. The predicted octanol–water partition coefficient (Wildman–Crippen LogP) is 5.32. The highest BCUT2D eigenvalue weighted by Gasteiger charge is 2.10. The molecule has 0 saturated heterocycles. The summed E-state index contributed by atoms with van der Waals surface area (Å²) in [5.74, 6) is 0.922. The molecule has 7 nitrogen and oxygen atoms in total. The Labute approximate surface area is 198 Å². The van der Waals surface area contributed by atoms with Crippen LogP contribution in [0.4, 0.5) is 5.69 Å². The van der Waals surface area contributed by atoms with Gasteiger partial charge in [0.25, 0.3) is 0 Å². The van der Waals surface area contributed by atoms with E-state index in [-0.39, 0.29) is 11.7 Å². The second kappa shape index (κ2) is 10.2. The lowest BCUT2D eigenvalue weighted by Gasteiger charge is -2.11. The SMILES string of the molecule is COc1cc(C(C)=O)ccc1OCCCC(=O)Nc1ccc(-c2cn3cccc(C)c3n2)cc1. The molecule has 1 N–H and O–H groups in total. The number of Topliss-reactive ketones (excluding diaryl/α,β-unsaturated/α-hetero) is 1. The molecule has 34 heavy (non-hydrogen) atoms. The third-order valence-corrected chi connectivity index (χ3v) is 5.52. The van der Waals surface area contributed by atoms with E-state index >= 15 is 0 Å². The molecule has 4 aromatic rings. The normalized spacial score (nSPS) is 10.8. The van der Waals surface area contributed by atoms with Crippen LogP contribution in [-0.2, 0) is 4.79 Å². The van der Waals surface area contributed by atoms with Crippen molar-refractivity contribution in [2.75, 3.05) is 19.0 Å². The standard InChI is InChI=1S/C27H27N3O4/c1-18-6-4-14-30-17-23(29-27(18)30)20-8-11-22(12-9-20)28-26(32)7-5-15-34-24-13-10-21(19(2)31)16-25(24)33-3/h4,6,8-14,16-17H,5,7,15H2,1-3H3,(H,28,32). The van der Waals surface area contributed by atoms with Gasteiger partial charge < -0.3 is 19.2 Å². The van der Waals surface area contributed by atoms with Gasteiger partial charge in [-0.1, -0.05) is 18.2 Å². The lowest BCUT2D eigenvalue weighted by Crippen LogP contribution is -2.12. The van der Waals surface area contributed by atoms with Gasteiger partial charge in [-0.25, -0.2) is 4.98 Å². The highest BCUT2D eigenvalue weighted by Crippen LogP contribution is 2.28. The number of aromatic nitrogens is 2. The Hall–Kier alpha value is -4.13. The van der Waals surface area contributed by atoms with Crippen LogP contribution in [0, 0.1) is 6.92 Å². The van der Waals surface area contributed by atoms with Gasteiger partial charge in [0.2, 0.25) is 5.91 Å². The van der Waals surface area contributed by atoms with E-state index in [9.17, 15) is 9.59 Å². The van der Waals surface area contributed by atoms with Crippen molar-refractivity contribution < 1.29 is 19.1 Å². The molecule has 174 valence electrons. The Bertz CT molecular complexity index is 1330. The van der Waals surface area contributed by atoms with Crippen molar-refractivity contribution in [1.29, 1.82) is 0 Å². The van der Waals surface area contributed by atoms with E-state index in [4.69, 9.17) is 14.5 Å². The summed E-state index contributed by atoms with van der Waals surface area (Å²) in [4.78, 5) is 28.5. The molecule has 0 radical (unpaired) electrons. The number of amides is 1. The fourth-order valence-corrected chi connectivity index (χ4v) is 3.66. The van der Waals surface area contributed by atoms with Crippen LogP contribution in [0.3, 0.4) is 0 Å². The molecule has 0 aliphatic carbocycles. The molecule has 2 aromatic carbocycles. The number of imidazole rings is 1. The number of pyridine rings is 1. The van der Waals surface area contributed by atoms with E-state index in [1.807, 2.05) is 60.1 Å². The molecule has 0 aliphatic heterocycles. The number of carbonyl (C=O) groups is 2. The van der Waals surface area contributed by atoms with Crippen LogP contribution < -0.4 is 14.8 Å². The molecule has 1 amide bonds. The van der Waals surface area contributed by atoms with Crippen molar-refractivity contribution in [3.05, 3.63) is 78.1 Å². The molecular formula is C27H27N3O4. The van der Waals surface area contributed by atoms with Gasteiger partial charge in [0.1, 0.15) is 5.65 Å². The molecule has 0 saturated carbocycles. The minimum Gasteiger partial charge on any atom is -0.493 e. The van der Waals surface area contributed by atoms with Crippen molar-refractivity contribution in [3.63, 3.8) is 0 Å². The van der Waals surface area contributed by atoms with E-state index in [2.05, 4.69) is 5.32 Å². The number of nitrogens with zero attached hydrogens (tertiary/aromatic N) is 2. The Kier molecular flexibility index (Phi) is 6.92. The lowest BCUT2D eigenvalue weighted by atomic mass is 10.1. The van der Waals surface area contributed by atoms with Crippen molar-refractivity contribution >= 4 is 23.0 Å². The Morgan fingerprint density at radius 3 is 2.56 bits per heavy atom. The van der Waals surface area contributed by atoms with Crippen LogP contribution in [0.25, 0.3) is 16.9 Å². The number of rotatable bonds is 9. The topological polar surface area (TPSA) is 81.9 Å². The van der Waals surface area contributed by atoms with Gasteiger partial charge in [-0.2, -0.15) is 0 Å². The van der Waals surface area contributed by atoms with Gasteiger partial charge in [0, 0.05) is 35.6 Å². The maximum absolute atomic E-state index is 12.3. The molecule has 4 rings (SSSR count). The van der Waals surface area contributed by atoms with E-state index < -0.39 is 0 Å². The number of aryl methyl sites for hydroxylation is 1. The van der Waals surface area contributed by atoms with Crippen molar-refractivity contribution in [2.24, 2.45) is 0 Å². The van der Waals surface area contributed by atoms with Gasteiger partial charge >= 0.3 is 0 Å². The fourth-order valence-electron chi connectivity index (χ4n) is 3.66. The second-order valence-corrected chi connectivity index (χ2v) is 8.05. The monoisotopic (exact) mass is 457 g/mol. The first-order valence-electron chi connectivity index (χ1n) is 11.1. The first-order valence-corrected chi connectivity index (χ1v) is 11.1. The second-order valence-electron chi connectivity index (χ2n) is 8.05. The van der Waals surface area contributed by atoms with Crippen LogP contribution in [0.15, 0.2) is 67.0 Å². The molecule has 0 unspecified atom stereocenters. The summed E-state index contributed by atoms with van der Waals surface area (Å²) in [5.41, 5.74) is 5.22. The molecule has 0 fully saturated rings. The zero-order chi connectivity index (χ0) is 24.1. The molecule has 0 spiro atoms. The smallest absolute Gasteiger partial charge is 0.224 e. The average molecular weight is 458 g/mol. The summed E-state index contributed by atoms with van der Waals surface area (Å²) >= 11 is 0. The fraction of sp³-hybridized carbons (Fsp3) is 0.222. The summed E-state index contributed by atoms with van der Waals surface area (Å²) in [6.45, 7) is 3.90. The third kappa shape index (κ3) is 5.26. The van der Waals surface area contributed by atoms with Crippen LogP contribution in [0.2, 0.25) is 0 Å². The number of carbonyl (C=O) groups excluding carboxylic acids is 2. The number of ketones is 1. The van der Waals surface area contributed by atoms with Crippen molar-refractivity contribution in [2.45, 2.75) is 26.7 Å². The maximum atomic E-state index is 12.3. The summed E-state index contributed by atoms with van der Waals surface area (Å²) in [7, 11) is 1.53. The van der Waals surface area contributed by atoms with E-state index in [1.54, 1.807) is 18.2 Å². The van der Waals surface area contributed by atoms with E-state index in [0.717, 1.165) is 28.2 Å². The largest absolute Gasteiger partial charge is 0.493 e. The number of ether oxygens (including phenoxy) is 2. The van der Waals surface area contributed by atoms with Gasteiger partial charge in [-0.15, -0.1) is 0 Å². The van der Waals surface area contributed by atoms with Crippen molar-refractivity contribution in [1.82, 2.24) is 9.38 Å². The summed E-state index contributed by atoms with van der Waals surface area (Å²) < 4.78 is 13.0.